The number of rotatable bonds is 6. The fraction of sp³-hybridized carbons (Fsp3) is 1.00. The third-order valence-corrected chi connectivity index (χ3v) is 5.01. The van der Waals surface area contributed by atoms with Crippen molar-refractivity contribution in [2.24, 2.45) is 11.3 Å². The Morgan fingerprint density at radius 3 is 2.00 bits per heavy atom. The van der Waals surface area contributed by atoms with E-state index in [4.69, 9.17) is 0 Å². The van der Waals surface area contributed by atoms with Crippen molar-refractivity contribution in [1.82, 2.24) is 0 Å². The zero-order chi connectivity index (χ0) is 10.5. The molecule has 0 fully saturated rings. The van der Waals surface area contributed by atoms with Gasteiger partial charge in [-0.1, -0.05) is 63.1 Å². The molecule has 0 aromatic rings. The summed E-state index contributed by atoms with van der Waals surface area (Å²) in [6.07, 6.45) is 1.33. The van der Waals surface area contributed by atoms with Gasteiger partial charge in [-0.25, -0.2) is 0 Å². The van der Waals surface area contributed by atoms with Gasteiger partial charge in [0.1, 0.15) is 0 Å². The maximum absolute atomic E-state index is 2.38. The summed E-state index contributed by atoms with van der Waals surface area (Å²) >= 11 is 0. The maximum atomic E-state index is 2.38. The van der Waals surface area contributed by atoms with Crippen LogP contribution in [-0.2, 0) is 0 Å². The Bertz CT molecular complexity index is 128. The SMILES string of the molecule is CC(C)CC(C)(C)CSSC(C)C. The average molecular weight is 220 g/mol. The third kappa shape index (κ3) is 9.01. The van der Waals surface area contributed by atoms with E-state index in [0.29, 0.717) is 5.41 Å². The molecule has 0 aromatic heterocycles. The van der Waals surface area contributed by atoms with Crippen LogP contribution in [0.3, 0.4) is 0 Å². The lowest BCUT2D eigenvalue weighted by Gasteiger charge is -2.26. The Kier molecular flexibility index (Phi) is 6.57. The summed E-state index contributed by atoms with van der Waals surface area (Å²) in [5.74, 6) is 2.09. The van der Waals surface area contributed by atoms with Gasteiger partial charge < -0.3 is 0 Å². The molecular weight excluding hydrogens is 196 g/mol. The first-order valence-electron chi connectivity index (χ1n) is 5.12. The van der Waals surface area contributed by atoms with Crippen LogP contribution >= 0.6 is 21.6 Å². The second-order valence-corrected chi connectivity index (χ2v) is 8.11. The molecule has 0 rings (SSSR count). The van der Waals surface area contributed by atoms with Gasteiger partial charge in [-0.2, -0.15) is 0 Å². The van der Waals surface area contributed by atoms with Gasteiger partial charge in [-0.3, -0.25) is 0 Å². The molecule has 0 saturated carbocycles. The molecule has 0 atom stereocenters. The molecule has 0 amide bonds. The molecule has 0 radical (unpaired) electrons. The third-order valence-electron chi connectivity index (χ3n) is 1.67. The zero-order valence-corrected chi connectivity index (χ0v) is 11.5. The summed E-state index contributed by atoms with van der Waals surface area (Å²) in [5.41, 5.74) is 0.501. The Hall–Kier alpha value is 0.700. The Balaban J connectivity index is 3.62. The van der Waals surface area contributed by atoms with Crippen LogP contribution in [0.25, 0.3) is 0 Å². The van der Waals surface area contributed by atoms with E-state index in [1.807, 2.05) is 21.6 Å². The summed E-state index contributed by atoms with van der Waals surface area (Å²) in [6, 6.07) is 0. The first kappa shape index (κ1) is 13.7. The molecule has 0 bridgehead atoms. The molecule has 0 aliphatic rings. The molecule has 0 nitrogen and oxygen atoms in total. The van der Waals surface area contributed by atoms with E-state index >= 15 is 0 Å². The van der Waals surface area contributed by atoms with Gasteiger partial charge in [0, 0.05) is 11.0 Å². The first-order chi connectivity index (χ1) is 5.83. The topological polar surface area (TPSA) is 0 Å². The number of hydrogen-bond acceptors (Lipinski definition) is 2. The Morgan fingerprint density at radius 1 is 1.08 bits per heavy atom. The zero-order valence-electron chi connectivity index (χ0n) is 9.89. The van der Waals surface area contributed by atoms with Crippen molar-refractivity contribution in [2.75, 3.05) is 5.75 Å². The minimum Gasteiger partial charge on any atom is -0.0933 e. The Morgan fingerprint density at radius 2 is 1.62 bits per heavy atom. The van der Waals surface area contributed by atoms with Crippen molar-refractivity contribution in [3.05, 3.63) is 0 Å². The predicted molar refractivity (Wildman–Crippen MR) is 68.4 cm³/mol. The highest BCUT2D eigenvalue weighted by Gasteiger charge is 2.19. The molecular formula is C11H24S2. The van der Waals surface area contributed by atoms with E-state index in [1.54, 1.807) is 0 Å². The van der Waals surface area contributed by atoms with Crippen LogP contribution in [0.4, 0.5) is 0 Å². The molecule has 0 spiro atoms. The minimum absolute atomic E-state index is 0.501. The van der Waals surface area contributed by atoms with Gasteiger partial charge in [-0.15, -0.1) is 0 Å². The van der Waals surface area contributed by atoms with Crippen LogP contribution < -0.4 is 0 Å². The van der Waals surface area contributed by atoms with Crippen LogP contribution in [0.1, 0.15) is 48.0 Å². The van der Waals surface area contributed by atoms with Gasteiger partial charge in [0.05, 0.1) is 0 Å². The van der Waals surface area contributed by atoms with Crippen LogP contribution in [-0.4, -0.2) is 11.0 Å². The van der Waals surface area contributed by atoms with E-state index < -0.39 is 0 Å². The van der Waals surface area contributed by atoms with Crippen LogP contribution in [0.5, 0.6) is 0 Å². The van der Waals surface area contributed by atoms with Gasteiger partial charge >= 0.3 is 0 Å². The monoisotopic (exact) mass is 220 g/mol. The van der Waals surface area contributed by atoms with Gasteiger partial charge in [0.2, 0.25) is 0 Å². The van der Waals surface area contributed by atoms with Crippen molar-refractivity contribution in [2.45, 2.75) is 53.2 Å². The first-order valence-corrected chi connectivity index (χ1v) is 7.50. The second kappa shape index (κ2) is 6.23. The average Bonchev–Trinajstić information content (AvgIpc) is 1.81. The van der Waals surface area contributed by atoms with Crippen molar-refractivity contribution in [3.63, 3.8) is 0 Å². The van der Waals surface area contributed by atoms with Crippen LogP contribution in [0.2, 0.25) is 0 Å². The maximum Gasteiger partial charge on any atom is 0.00944 e. The molecule has 0 heterocycles. The lowest BCUT2D eigenvalue weighted by molar-refractivity contribution is 0.328. The molecule has 0 aliphatic carbocycles. The summed E-state index contributed by atoms with van der Waals surface area (Å²) in [5, 5.41) is 0.750. The van der Waals surface area contributed by atoms with Crippen molar-refractivity contribution in [3.8, 4) is 0 Å². The van der Waals surface area contributed by atoms with Crippen molar-refractivity contribution < 1.29 is 0 Å². The molecule has 0 aliphatic heterocycles. The van der Waals surface area contributed by atoms with E-state index in [1.165, 1.54) is 12.2 Å². The number of hydrogen-bond donors (Lipinski definition) is 0. The van der Waals surface area contributed by atoms with E-state index in [2.05, 4.69) is 41.5 Å². The molecule has 2 heteroatoms. The van der Waals surface area contributed by atoms with Crippen molar-refractivity contribution in [1.29, 1.82) is 0 Å². The fourth-order valence-corrected chi connectivity index (χ4v) is 4.25. The lowest BCUT2D eigenvalue weighted by atomic mass is 9.86. The normalized spacial score (nSPS) is 12.9. The minimum atomic E-state index is 0.501. The van der Waals surface area contributed by atoms with Gasteiger partial charge in [0.15, 0.2) is 0 Å². The van der Waals surface area contributed by atoms with Crippen molar-refractivity contribution >= 4 is 21.6 Å². The summed E-state index contributed by atoms with van der Waals surface area (Å²) in [7, 11) is 4.03. The largest absolute Gasteiger partial charge is 0.0933 e. The fourth-order valence-electron chi connectivity index (χ4n) is 1.49. The molecule has 0 unspecified atom stereocenters. The summed E-state index contributed by atoms with van der Waals surface area (Å²) in [6.45, 7) is 13.9. The molecule has 80 valence electrons. The van der Waals surface area contributed by atoms with Gasteiger partial charge in [0.25, 0.3) is 0 Å². The van der Waals surface area contributed by atoms with E-state index in [9.17, 15) is 0 Å². The quantitative estimate of drug-likeness (QED) is 0.587. The van der Waals surface area contributed by atoms with E-state index in [0.717, 1.165) is 11.2 Å². The standard InChI is InChI=1S/C11H24S2/c1-9(2)7-11(5,6)8-12-13-10(3)4/h9-10H,7-8H2,1-6H3. The van der Waals surface area contributed by atoms with Crippen LogP contribution in [0, 0.1) is 11.3 Å². The predicted octanol–water partition coefficient (Wildman–Crippen LogP) is 4.85. The highest BCUT2D eigenvalue weighted by molar-refractivity contribution is 8.76. The van der Waals surface area contributed by atoms with Crippen LogP contribution in [0.15, 0.2) is 0 Å². The Labute approximate surface area is 92.0 Å². The molecule has 13 heavy (non-hydrogen) atoms. The molecule has 0 saturated heterocycles. The highest BCUT2D eigenvalue weighted by atomic mass is 33.1. The smallest absolute Gasteiger partial charge is 0.00944 e. The highest BCUT2D eigenvalue weighted by Crippen LogP contribution is 2.36. The van der Waals surface area contributed by atoms with Gasteiger partial charge in [-0.05, 0) is 17.8 Å². The summed E-state index contributed by atoms with van der Waals surface area (Å²) < 4.78 is 0. The molecule has 0 N–H and O–H groups in total. The second-order valence-electron chi connectivity index (χ2n) is 5.17. The molecule has 0 aromatic carbocycles. The summed E-state index contributed by atoms with van der Waals surface area (Å²) in [4.78, 5) is 0. The lowest BCUT2D eigenvalue weighted by Crippen LogP contribution is -2.17. The van der Waals surface area contributed by atoms with E-state index in [-0.39, 0.29) is 0 Å².